The van der Waals surface area contributed by atoms with Crippen LogP contribution < -0.4 is 15.4 Å². The molecule has 1 aromatic carbocycles. The molecule has 0 aromatic heterocycles. The molecule has 0 saturated carbocycles. The average molecular weight is 303 g/mol. The molecule has 1 aliphatic rings. The second-order valence-electron chi connectivity index (χ2n) is 5.38. The number of halogens is 3. The van der Waals surface area contributed by atoms with Crippen LogP contribution in [0.4, 0.5) is 24.5 Å². The fourth-order valence-corrected chi connectivity index (χ4v) is 2.72. The summed E-state index contributed by atoms with van der Waals surface area (Å²) in [6.07, 6.45) is 0.919. The van der Waals surface area contributed by atoms with Crippen molar-refractivity contribution in [3.63, 3.8) is 0 Å². The van der Waals surface area contributed by atoms with Crippen molar-refractivity contribution in [1.82, 2.24) is 4.90 Å². The molecule has 1 atom stereocenters. The van der Waals surface area contributed by atoms with Gasteiger partial charge in [-0.2, -0.15) is 8.78 Å². The number of benzene rings is 1. The molecule has 4 nitrogen and oxygen atoms in total. The van der Waals surface area contributed by atoms with Crippen LogP contribution in [0.3, 0.4) is 0 Å². The SMILES string of the molecule is CC1CN(C)CCCN1c1cc(OC(F)F)c(F)cc1N. The molecule has 1 unspecified atom stereocenters. The van der Waals surface area contributed by atoms with Gasteiger partial charge in [-0.05, 0) is 26.9 Å². The summed E-state index contributed by atoms with van der Waals surface area (Å²) in [6.45, 7) is 1.46. The molecule has 1 heterocycles. The number of nitrogens with two attached hydrogens (primary N) is 1. The molecule has 2 N–H and O–H groups in total. The standard InChI is InChI=1S/C14H20F3N3O/c1-9-8-19(2)4-3-5-20(9)12-7-13(21-14(16)17)10(15)6-11(12)18/h6-7,9,14H,3-5,8,18H2,1-2H3. The lowest BCUT2D eigenvalue weighted by molar-refractivity contribution is -0.0521. The molecule has 1 aliphatic heterocycles. The van der Waals surface area contributed by atoms with Gasteiger partial charge in [-0.15, -0.1) is 0 Å². The van der Waals surface area contributed by atoms with Crippen LogP contribution in [0, 0.1) is 5.82 Å². The summed E-state index contributed by atoms with van der Waals surface area (Å²) in [6, 6.07) is 2.44. The van der Waals surface area contributed by atoms with Crippen LogP contribution in [0.25, 0.3) is 0 Å². The normalized spacial score (nSPS) is 20.7. The van der Waals surface area contributed by atoms with E-state index in [1.807, 2.05) is 18.9 Å². The number of anilines is 2. The van der Waals surface area contributed by atoms with E-state index in [4.69, 9.17) is 5.73 Å². The predicted octanol–water partition coefficient (Wildman–Crippen LogP) is 2.54. The summed E-state index contributed by atoms with van der Waals surface area (Å²) in [4.78, 5) is 4.21. The van der Waals surface area contributed by atoms with Gasteiger partial charge in [0.05, 0.1) is 11.4 Å². The van der Waals surface area contributed by atoms with Crippen molar-refractivity contribution in [2.24, 2.45) is 0 Å². The highest BCUT2D eigenvalue weighted by atomic mass is 19.3. The van der Waals surface area contributed by atoms with Gasteiger partial charge in [0.1, 0.15) is 0 Å². The lowest BCUT2D eigenvalue weighted by atomic mass is 10.1. The third-order valence-corrected chi connectivity index (χ3v) is 3.65. The molecule has 7 heteroatoms. The molecular formula is C14H20F3N3O. The van der Waals surface area contributed by atoms with E-state index < -0.39 is 18.2 Å². The number of rotatable bonds is 3. The fourth-order valence-electron chi connectivity index (χ4n) is 2.72. The maximum absolute atomic E-state index is 13.6. The first-order chi connectivity index (χ1) is 9.88. The van der Waals surface area contributed by atoms with Crippen molar-refractivity contribution in [2.75, 3.05) is 37.3 Å². The zero-order valence-electron chi connectivity index (χ0n) is 12.2. The van der Waals surface area contributed by atoms with Crippen molar-refractivity contribution in [2.45, 2.75) is 26.0 Å². The van der Waals surface area contributed by atoms with E-state index in [0.29, 0.717) is 5.69 Å². The number of likely N-dealkylation sites (N-methyl/N-ethyl adjacent to an activating group) is 1. The van der Waals surface area contributed by atoms with Crippen LogP contribution in [-0.4, -0.2) is 44.2 Å². The zero-order valence-corrected chi connectivity index (χ0v) is 12.2. The third kappa shape index (κ3) is 3.72. The molecule has 21 heavy (non-hydrogen) atoms. The minimum Gasteiger partial charge on any atom is -0.432 e. The molecular weight excluding hydrogens is 283 g/mol. The molecule has 0 aliphatic carbocycles. The Labute approximate surface area is 122 Å². The molecule has 0 amide bonds. The Morgan fingerprint density at radius 1 is 1.33 bits per heavy atom. The Kier molecular flexibility index (Phi) is 4.82. The largest absolute Gasteiger partial charge is 0.432 e. The number of hydrogen-bond acceptors (Lipinski definition) is 4. The lowest BCUT2D eigenvalue weighted by Gasteiger charge is -2.31. The number of nitrogen functional groups attached to an aromatic ring is 1. The van der Waals surface area contributed by atoms with E-state index in [-0.39, 0.29) is 11.7 Å². The highest BCUT2D eigenvalue weighted by Gasteiger charge is 2.23. The van der Waals surface area contributed by atoms with Crippen LogP contribution in [0.15, 0.2) is 12.1 Å². The number of hydrogen-bond donors (Lipinski definition) is 1. The summed E-state index contributed by atoms with van der Waals surface area (Å²) < 4.78 is 42.5. The van der Waals surface area contributed by atoms with Gasteiger partial charge in [0.25, 0.3) is 0 Å². The first kappa shape index (κ1) is 15.8. The first-order valence-electron chi connectivity index (χ1n) is 6.87. The topological polar surface area (TPSA) is 41.7 Å². The Morgan fingerprint density at radius 3 is 2.71 bits per heavy atom. The maximum atomic E-state index is 13.6. The predicted molar refractivity (Wildman–Crippen MR) is 76.4 cm³/mol. The van der Waals surface area contributed by atoms with Crippen molar-refractivity contribution in [3.8, 4) is 5.75 Å². The monoisotopic (exact) mass is 303 g/mol. The van der Waals surface area contributed by atoms with Crippen molar-refractivity contribution >= 4 is 11.4 Å². The molecule has 118 valence electrons. The van der Waals surface area contributed by atoms with E-state index >= 15 is 0 Å². The smallest absolute Gasteiger partial charge is 0.387 e. The van der Waals surface area contributed by atoms with E-state index in [9.17, 15) is 13.2 Å². The van der Waals surface area contributed by atoms with E-state index in [2.05, 4.69) is 9.64 Å². The maximum Gasteiger partial charge on any atom is 0.387 e. The molecule has 1 saturated heterocycles. The van der Waals surface area contributed by atoms with Gasteiger partial charge in [-0.25, -0.2) is 4.39 Å². The van der Waals surface area contributed by atoms with Crippen LogP contribution in [0.2, 0.25) is 0 Å². The van der Waals surface area contributed by atoms with Gasteiger partial charge < -0.3 is 20.3 Å². The number of alkyl halides is 2. The molecule has 1 fully saturated rings. The van der Waals surface area contributed by atoms with Crippen LogP contribution >= 0.6 is 0 Å². The summed E-state index contributed by atoms with van der Waals surface area (Å²) in [5.41, 5.74) is 6.63. The summed E-state index contributed by atoms with van der Waals surface area (Å²) >= 11 is 0. The Hall–Kier alpha value is -1.63. The van der Waals surface area contributed by atoms with Crippen molar-refractivity contribution in [1.29, 1.82) is 0 Å². The van der Waals surface area contributed by atoms with Gasteiger partial charge in [-0.1, -0.05) is 0 Å². The Balaban J connectivity index is 2.33. The van der Waals surface area contributed by atoms with E-state index in [0.717, 1.165) is 32.1 Å². The molecule has 0 bridgehead atoms. The van der Waals surface area contributed by atoms with E-state index in [1.165, 1.54) is 6.07 Å². The van der Waals surface area contributed by atoms with Gasteiger partial charge in [0.15, 0.2) is 11.6 Å². The minimum absolute atomic E-state index is 0.143. The van der Waals surface area contributed by atoms with Crippen molar-refractivity contribution < 1.29 is 17.9 Å². The zero-order chi connectivity index (χ0) is 15.6. The highest BCUT2D eigenvalue weighted by molar-refractivity contribution is 5.70. The van der Waals surface area contributed by atoms with Gasteiger partial charge in [0.2, 0.25) is 0 Å². The second kappa shape index (κ2) is 6.43. The number of nitrogens with zero attached hydrogens (tertiary/aromatic N) is 2. The average Bonchev–Trinajstić information content (AvgIpc) is 2.53. The Morgan fingerprint density at radius 2 is 2.05 bits per heavy atom. The lowest BCUT2D eigenvalue weighted by Crippen LogP contribution is -2.38. The molecule has 1 aromatic rings. The van der Waals surface area contributed by atoms with Gasteiger partial charge in [-0.3, -0.25) is 0 Å². The molecule has 0 radical (unpaired) electrons. The minimum atomic E-state index is -3.07. The van der Waals surface area contributed by atoms with Gasteiger partial charge in [0, 0.05) is 31.3 Å². The summed E-state index contributed by atoms with van der Waals surface area (Å²) in [5, 5.41) is 0. The van der Waals surface area contributed by atoms with Crippen LogP contribution in [0.5, 0.6) is 5.75 Å². The second-order valence-corrected chi connectivity index (χ2v) is 5.38. The number of ether oxygens (including phenoxy) is 1. The highest BCUT2D eigenvalue weighted by Crippen LogP contribution is 2.33. The molecule has 2 rings (SSSR count). The van der Waals surface area contributed by atoms with Crippen molar-refractivity contribution in [3.05, 3.63) is 17.9 Å². The summed E-state index contributed by atoms with van der Waals surface area (Å²) in [7, 11) is 2.03. The fraction of sp³-hybridized carbons (Fsp3) is 0.571. The van der Waals surface area contributed by atoms with Crippen LogP contribution in [-0.2, 0) is 0 Å². The van der Waals surface area contributed by atoms with Crippen LogP contribution in [0.1, 0.15) is 13.3 Å². The summed E-state index contributed by atoms with van der Waals surface area (Å²) in [5.74, 6) is -1.35. The van der Waals surface area contributed by atoms with E-state index in [1.54, 1.807) is 0 Å². The van der Waals surface area contributed by atoms with Gasteiger partial charge >= 0.3 is 6.61 Å². The quantitative estimate of drug-likeness (QED) is 0.871. The Bertz CT molecular complexity index is 499. The first-order valence-corrected chi connectivity index (χ1v) is 6.87. The molecule has 0 spiro atoms. The third-order valence-electron chi connectivity index (χ3n) is 3.65.